The predicted octanol–water partition coefficient (Wildman–Crippen LogP) is 1.83. The highest BCUT2D eigenvalue weighted by molar-refractivity contribution is 5.93. The summed E-state index contributed by atoms with van der Waals surface area (Å²) in [4.78, 5) is 18.2. The number of nitrogens with one attached hydrogen (secondary N) is 2. The first kappa shape index (κ1) is 16.4. The summed E-state index contributed by atoms with van der Waals surface area (Å²) in [5.41, 5.74) is 1.44. The van der Waals surface area contributed by atoms with Crippen LogP contribution in [0, 0.1) is 5.92 Å². The van der Waals surface area contributed by atoms with Crippen LogP contribution >= 0.6 is 0 Å². The van der Waals surface area contributed by atoms with Gasteiger partial charge in [-0.1, -0.05) is 6.92 Å². The summed E-state index contributed by atoms with van der Waals surface area (Å²) in [7, 11) is 1.95. The number of carbonyl (C=O) groups is 1. The number of amides is 1. The van der Waals surface area contributed by atoms with Crippen molar-refractivity contribution in [1.82, 2.24) is 15.2 Å². The largest absolute Gasteiger partial charge is 0.385 e. The summed E-state index contributed by atoms with van der Waals surface area (Å²) in [6.07, 6.45) is 1.68. The van der Waals surface area contributed by atoms with Gasteiger partial charge in [0.25, 0.3) is 5.91 Å². The van der Waals surface area contributed by atoms with Crippen molar-refractivity contribution in [2.75, 3.05) is 38.5 Å². The minimum absolute atomic E-state index is 0.0121. The molecule has 0 bridgehead atoms. The lowest BCUT2D eigenvalue weighted by Crippen LogP contribution is -2.31. The smallest absolute Gasteiger partial charge is 0.272 e. The highest BCUT2D eigenvalue weighted by atomic mass is 16.2. The number of nitrogens with zero attached hydrogens (tertiary/aromatic N) is 2. The molecule has 1 rings (SSSR count). The van der Waals surface area contributed by atoms with Crippen LogP contribution in [0.25, 0.3) is 0 Å². The molecule has 1 amide bonds. The Morgan fingerprint density at radius 1 is 1.35 bits per heavy atom. The third kappa shape index (κ3) is 4.81. The van der Waals surface area contributed by atoms with Gasteiger partial charge in [0.1, 0.15) is 5.69 Å². The monoisotopic (exact) mass is 278 g/mol. The van der Waals surface area contributed by atoms with E-state index in [1.807, 2.05) is 33.0 Å². The Morgan fingerprint density at radius 3 is 2.65 bits per heavy atom. The SMILES string of the molecule is CCN(CC)C(=O)c1cc(NCC(C)CNC)ccn1. The molecule has 0 aromatic carbocycles. The minimum atomic E-state index is -0.0121. The average molecular weight is 278 g/mol. The van der Waals surface area contributed by atoms with Crippen molar-refractivity contribution >= 4 is 11.6 Å². The Hall–Kier alpha value is -1.62. The van der Waals surface area contributed by atoms with E-state index in [1.54, 1.807) is 11.1 Å². The van der Waals surface area contributed by atoms with Crippen molar-refractivity contribution in [3.8, 4) is 0 Å². The van der Waals surface area contributed by atoms with Crippen LogP contribution in [0.5, 0.6) is 0 Å². The molecule has 1 unspecified atom stereocenters. The molecule has 1 aromatic heterocycles. The standard InChI is InChI=1S/C15H26N4O/c1-5-19(6-2)15(20)14-9-13(7-8-17-14)18-11-12(3)10-16-4/h7-9,12,16H,5-6,10-11H2,1-4H3,(H,17,18). The van der Waals surface area contributed by atoms with Crippen LogP contribution in [0.3, 0.4) is 0 Å². The van der Waals surface area contributed by atoms with E-state index >= 15 is 0 Å². The molecule has 0 aliphatic heterocycles. The molecule has 0 spiro atoms. The fraction of sp³-hybridized carbons (Fsp3) is 0.600. The molecule has 5 nitrogen and oxygen atoms in total. The lowest BCUT2D eigenvalue weighted by atomic mass is 10.2. The van der Waals surface area contributed by atoms with E-state index in [2.05, 4.69) is 22.5 Å². The molecule has 0 saturated heterocycles. The number of aromatic nitrogens is 1. The van der Waals surface area contributed by atoms with Gasteiger partial charge in [-0.05, 0) is 45.5 Å². The summed E-state index contributed by atoms with van der Waals surface area (Å²) in [6, 6.07) is 3.72. The van der Waals surface area contributed by atoms with E-state index in [0.717, 1.165) is 18.8 Å². The zero-order valence-electron chi connectivity index (χ0n) is 12.9. The molecule has 2 N–H and O–H groups in total. The minimum Gasteiger partial charge on any atom is -0.385 e. The van der Waals surface area contributed by atoms with Crippen molar-refractivity contribution in [3.05, 3.63) is 24.0 Å². The topological polar surface area (TPSA) is 57.3 Å². The van der Waals surface area contributed by atoms with Crippen molar-refractivity contribution in [1.29, 1.82) is 0 Å². The highest BCUT2D eigenvalue weighted by Crippen LogP contribution is 2.11. The Kier molecular flexibility index (Phi) is 7.01. The first-order valence-corrected chi connectivity index (χ1v) is 7.26. The molecule has 1 heterocycles. The lowest BCUT2D eigenvalue weighted by molar-refractivity contribution is 0.0767. The van der Waals surface area contributed by atoms with Crippen molar-refractivity contribution in [3.63, 3.8) is 0 Å². The van der Waals surface area contributed by atoms with E-state index in [0.29, 0.717) is 24.7 Å². The molecule has 0 aliphatic carbocycles. The fourth-order valence-electron chi connectivity index (χ4n) is 2.04. The number of hydrogen-bond donors (Lipinski definition) is 2. The maximum Gasteiger partial charge on any atom is 0.272 e. The highest BCUT2D eigenvalue weighted by Gasteiger charge is 2.14. The van der Waals surface area contributed by atoms with Crippen LogP contribution in [-0.2, 0) is 0 Å². The first-order valence-electron chi connectivity index (χ1n) is 7.26. The van der Waals surface area contributed by atoms with Crippen LogP contribution in [-0.4, -0.2) is 49.0 Å². The first-order chi connectivity index (χ1) is 9.62. The van der Waals surface area contributed by atoms with Crippen LogP contribution in [0.4, 0.5) is 5.69 Å². The normalized spacial score (nSPS) is 12.0. The molecule has 0 fully saturated rings. The molecule has 0 radical (unpaired) electrons. The van der Waals surface area contributed by atoms with E-state index in [-0.39, 0.29) is 5.91 Å². The quantitative estimate of drug-likeness (QED) is 0.762. The van der Waals surface area contributed by atoms with Gasteiger partial charge in [0.2, 0.25) is 0 Å². The van der Waals surface area contributed by atoms with Gasteiger partial charge in [0, 0.05) is 31.5 Å². The van der Waals surface area contributed by atoms with Crippen molar-refractivity contribution in [2.24, 2.45) is 5.92 Å². The molecule has 1 atom stereocenters. The molecule has 5 heteroatoms. The lowest BCUT2D eigenvalue weighted by Gasteiger charge is -2.18. The second-order valence-corrected chi connectivity index (χ2v) is 4.95. The Labute approximate surface area is 121 Å². The van der Waals surface area contributed by atoms with Crippen LogP contribution in [0.2, 0.25) is 0 Å². The zero-order chi connectivity index (χ0) is 15.0. The van der Waals surface area contributed by atoms with E-state index in [9.17, 15) is 4.79 Å². The molecular weight excluding hydrogens is 252 g/mol. The summed E-state index contributed by atoms with van der Waals surface area (Å²) in [5.74, 6) is 0.511. The molecule has 20 heavy (non-hydrogen) atoms. The third-order valence-corrected chi connectivity index (χ3v) is 3.24. The van der Waals surface area contributed by atoms with E-state index < -0.39 is 0 Å². The molecule has 112 valence electrons. The third-order valence-electron chi connectivity index (χ3n) is 3.24. The second kappa shape index (κ2) is 8.53. The van der Waals surface area contributed by atoms with Gasteiger partial charge in [-0.25, -0.2) is 0 Å². The Bertz CT molecular complexity index is 418. The van der Waals surface area contributed by atoms with E-state index in [1.165, 1.54) is 0 Å². The fourth-order valence-corrected chi connectivity index (χ4v) is 2.04. The van der Waals surface area contributed by atoms with Crippen LogP contribution < -0.4 is 10.6 Å². The van der Waals surface area contributed by atoms with E-state index in [4.69, 9.17) is 0 Å². The zero-order valence-corrected chi connectivity index (χ0v) is 12.9. The summed E-state index contributed by atoms with van der Waals surface area (Å²) >= 11 is 0. The van der Waals surface area contributed by atoms with Gasteiger partial charge in [-0.3, -0.25) is 9.78 Å². The molecule has 1 aromatic rings. The van der Waals surface area contributed by atoms with Gasteiger partial charge in [0.05, 0.1) is 0 Å². The molecule has 0 aliphatic rings. The van der Waals surface area contributed by atoms with Crippen LogP contribution in [0.15, 0.2) is 18.3 Å². The molecular formula is C15H26N4O. The summed E-state index contributed by atoms with van der Waals surface area (Å²) in [6.45, 7) is 9.35. The molecule has 0 saturated carbocycles. The summed E-state index contributed by atoms with van der Waals surface area (Å²) < 4.78 is 0. The van der Waals surface area contributed by atoms with Crippen LogP contribution in [0.1, 0.15) is 31.3 Å². The van der Waals surface area contributed by atoms with Gasteiger partial charge < -0.3 is 15.5 Å². The van der Waals surface area contributed by atoms with Crippen molar-refractivity contribution < 1.29 is 4.79 Å². The Balaban J connectivity index is 2.68. The van der Waals surface area contributed by atoms with Crippen molar-refractivity contribution in [2.45, 2.75) is 20.8 Å². The maximum atomic E-state index is 12.2. The Morgan fingerprint density at radius 2 is 2.05 bits per heavy atom. The number of hydrogen-bond acceptors (Lipinski definition) is 4. The second-order valence-electron chi connectivity index (χ2n) is 4.95. The van der Waals surface area contributed by atoms with Gasteiger partial charge >= 0.3 is 0 Å². The number of carbonyl (C=O) groups excluding carboxylic acids is 1. The number of rotatable bonds is 8. The number of pyridine rings is 1. The van der Waals surface area contributed by atoms with Gasteiger partial charge in [0.15, 0.2) is 0 Å². The maximum absolute atomic E-state index is 12.2. The summed E-state index contributed by atoms with van der Waals surface area (Å²) in [5, 5.41) is 6.50. The van der Waals surface area contributed by atoms with Gasteiger partial charge in [-0.2, -0.15) is 0 Å². The average Bonchev–Trinajstić information content (AvgIpc) is 2.47. The predicted molar refractivity (Wildman–Crippen MR) is 83.1 cm³/mol. The number of anilines is 1. The van der Waals surface area contributed by atoms with Gasteiger partial charge in [-0.15, -0.1) is 0 Å².